The molecule has 0 bridgehead atoms. The number of carbonyl (C=O) groups excluding carboxylic acids is 1. The molecule has 0 amide bonds. The standard InChI is InChI=1S/C10H18O4/c1-4-10(6-11,7-12)5-8(2)9(13)14-3/h5,11-12H,4,6-7H2,1-3H3. The van der Waals surface area contributed by atoms with Crippen molar-refractivity contribution in [3.8, 4) is 0 Å². The van der Waals surface area contributed by atoms with Crippen LogP contribution in [0.5, 0.6) is 0 Å². The van der Waals surface area contributed by atoms with Crippen molar-refractivity contribution in [2.75, 3.05) is 20.3 Å². The van der Waals surface area contributed by atoms with Crippen LogP contribution in [0.25, 0.3) is 0 Å². The number of aliphatic hydroxyl groups is 2. The number of hydrogen-bond donors (Lipinski definition) is 2. The number of aliphatic hydroxyl groups excluding tert-OH is 2. The smallest absolute Gasteiger partial charge is 0.333 e. The number of rotatable bonds is 5. The van der Waals surface area contributed by atoms with Crippen LogP contribution >= 0.6 is 0 Å². The molecule has 0 spiro atoms. The molecule has 0 saturated heterocycles. The molecule has 14 heavy (non-hydrogen) atoms. The number of hydrogen-bond acceptors (Lipinski definition) is 4. The lowest BCUT2D eigenvalue weighted by atomic mass is 9.85. The van der Waals surface area contributed by atoms with Gasteiger partial charge in [-0.25, -0.2) is 4.79 Å². The van der Waals surface area contributed by atoms with Crippen molar-refractivity contribution in [1.82, 2.24) is 0 Å². The molecule has 0 rings (SSSR count). The zero-order valence-electron chi connectivity index (χ0n) is 8.91. The minimum Gasteiger partial charge on any atom is -0.466 e. The van der Waals surface area contributed by atoms with Crippen molar-refractivity contribution in [2.45, 2.75) is 20.3 Å². The van der Waals surface area contributed by atoms with E-state index in [9.17, 15) is 4.79 Å². The molecule has 82 valence electrons. The summed E-state index contributed by atoms with van der Waals surface area (Å²) in [5.74, 6) is -0.440. The Kier molecular flexibility index (Phi) is 5.42. The molecule has 0 heterocycles. The summed E-state index contributed by atoms with van der Waals surface area (Å²) in [6.45, 7) is 3.07. The Labute approximate surface area is 84.2 Å². The summed E-state index contributed by atoms with van der Waals surface area (Å²) in [6, 6.07) is 0. The number of carbonyl (C=O) groups is 1. The van der Waals surface area contributed by atoms with Crippen molar-refractivity contribution in [2.24, 2.45) is 5.41 Å². The fourth-order valence-electron chi connectivity index (χ4n) is 1.15. The van der Waals surface area contributed by atoms with E-state index in [-0.39, 0.29) is 13.2 Å². The van der Waals surface area contributed by atoms with Gasteiger partial charge in [-0.05, 0) is 13.3 Å². The van der Waals surface area contributed by atoms with E-state index in [1.807, 2.05) is 6.92 Å². The highest BCUT2D eigenvalue weighted by Crippen LogP contribution is 2.24. The topological polar surface area (TPSA) is 66.8 Å². The minimum atomic E-state index is -0.724. The Morgan fingerprint density at radius 2 is 1.93 bits per heavy atom. The first-order valence-electron chi connectivity index (χ1n) is 4.54. The van der Waals surface area contributed by atoms with Crippen molar-refractivity contribution < 1.29 is 19.7 Å². The largest absolute Gasteiger partial charge is 0.466 e. The van der Waals surface area contributed by atoms with Crippen LogP contribution < -0.4 is 0 Å². The van der Waals surface area contributed by atoms with Crippen LogP contribution in [0.3, 0.4) is 0 Å². The lowest BCUT2D eigenvalue weighted by Gasteiger charge is -2.24. The van der Waals surface area contributed by atoms with Gasteiger partial charge >= 0.3 is 5.97 Å². The third-order valence-electron chi connectivity index (χ3n) is 2.36. The summed E-state index contributed by atoms with van der Waals surface area (Å²) in [5, 5.41) is 18.2. The highest BCUT2D eigenvalue weighted by molar-refractivity contribution is 5.87. The molecule has 0 atom stereocenters. The Bertz CT molecular complexity index is 208. The molecule has 0 radical (unpaired) electrons. The molecule has 0 aliphatic heterocycles. The van der Waals surface area contributed by atoms with Crippen molar-refractivity contribution >= 4 is 5.97 Å². The lowest BCUT2D eigenvalue weighted by molar-refractivity contribution is -0.136. The molecule has 4 nitrogen and oxygen atoms in total. The van der Waals surface area contributed by atoms with Gasteiger partial charge < -0.3 is 14.9 Å². The third-order valence-corrected chi connectivity index (χ3v) is 2.36. The van der Waals surface area contributed by atoms with Gasteiger partial charge in [0, 0.05) is 11.0 Å². The SMILES string of the molecule is CCC(C=C(C)C(=O)OC)(CO)CO. The first-order chi connectivity index (χ1) is 6.55. The predicted molar refractivity (Wildman–Crippen MR) is 52.7 cm³/mol. The summed E-state index contributed by atoms with van der Waals surface area (Å²) < 4.78 is 4.52. The zero-order valence-corrected chi connectivity index (χ0v) is 8.91. The van der Waals surface area contributed by atoms with E-state index in [1.54, 1.807) is 13.0 Å². The van der Waals surface area contributed by atoms with E-state index in [4.69, 9.17) is 10.2 Å². The average molecular weight is 202 g/mol. The zero-order chi connectivity index (χ0) is 11.2. The second-order valence-corrected chi connectivity index (χ2v) is 3.35. The average Bonchev–Trinajstić information content (AvgIpc) is 2.24. The van der Waals surface area contributed by atoms with Crippen LogP contribution in [0.2, 0.25) is 0 Å². The maximum atomic E-state index is 11.1. The van der Waals surface area contributed by atoms with Gasteiger partial charge in [-0.3, -0.25) is 0 Å². The second kappa shape index (κ2) is 5.78. The number of methoxy groups -OCH3 is 1. The van der Waals surface area contributed by atoms with Gasteiger partial charge in [0.15, 0.2) is 0 Å². The fourth-order valence-corrected chi connectivity index (χ4v) is 1.15. The Morgan fingerprint density at radius 1 is 1.43 bits per heavy atom. The van der Waals surface area contributed by atoms with Gasteiger partial charge in [-0.1, -0.05) is 13.0 Å². The summed E-state index contributed by atoms with van der Waals surface area (Å²) >= 11 is 0. The van der Waals surface area contributed by atoms with Crippen LogP contribution in [0.15, 0.2) is 11.6 Å². The molecule has 0 aromatic heterocycles. The number of esters is 1. The molecule has 2 N–H and O–H groups in total. The molecule has 0 fully saturated rings. The van der Waals surface area contributed by atoms with Gasteiger partial charge in [0.25, 0.3) is 0 Å². The monoisotopic (exact) mass is 202 g/mol. The Balaban J connectivity index is 4.79. The first-order valence-corrected chi connectivity index (χ1v) is 4.54. The van der Waals surface area contributed by atoms with Crippen LogP contribution in [-0.2, 0) is 9.53 Å². The minimum absolute atomic E-state index is 0.186. The van der Waals surface area contributed by atoms with Gasteiger partial charge in [0.1, 0.15) is 0 Å². The van der Waals surface area contributed by atoms with E-state index >= 15 is 0 Å². The Morgan fingerprint density at radius 3 is 2.21 bits per heavy atom. The fraction of sp³-hybridized carbons (Fsp3) is 0.700. The Hall–Kier alpha value is -0.870. The predicted octanol–water partition coefficient (Wildman–Crippen LogP) is 0.487. The molecular weight excluding hydrogens is 184 g/mol. The molecule has 0 saturated carbocycles. The normalized spacial score (nSPS) is 12.8. The summed E-state index contributed by atoms with van der Waals surface area (Å²) in [4.78, 5) is 11.1. The molecule has 0 aliphatic carbocycles. The van der Waals surface area contributed by atoms with E-state index in [0.29, 0.717) is 12.0 Å². The molecular formula is C10H18O4. The van der Waals surface area contributed by atoms with Crippen molar-refractivity contribution in [1.29, 1.82) is 0 Å². The van der Waals surface area contributed by atoms with Crippen molar-refractivity contribution in [3.05, 3.63) is 11.6 Å². The first kappa shape index (κ1) is 13.1. The molecule has 0 aromatic rings. The maximum Gasteiger partial charge on any atom is 0.333 e. The van der Waals surface area contributed by atoms with E-state index < -0.39 is 11.4 Å². The van der Waals surface area contributed by atoms with Gasteiger partial charge in [0.05, 0.1) is 20.3 Å². The third kappa shape index (κ3) is 3.12. The quantitative estimate of drug-likeness (QED) is 0.503. The highest BCUT2D eigenvalue weighted by Gasteiger charge is 2.25. The van der Waals surface area contributed by atoms with Crippen LogP contribution in [0, 0.1) is 5.41 Å². The lowest BCUT2D eigenvalue weighted by Crippen LogP contribution is -2.27. The van der Waals surface area contributed by atoms with Crippen LogP contribution in [-0.4, -0.2) is 36.5 Å². The van der Waals surface area contributed by atoms with Gasteiger partial charge in [-0.15, -0.1) is 0 Å². The summed E-state index contributed by atoms with van der Waals surface area (Å²) in [7, 11) is 1.30. The second-order valence-electron chi connectivity index (χ2n) is 3.35. The number of ether oxygens (including phenoxy) is 1. The van der Waals surface area contributed by atoms with Crippen molar-refractivity contribution in [3.63, 3.8) is 0 Å². The van der Waals surface area contributed by atoms with E-state index in [2.05, 4.69) is 4.74 Å². The maximum absolute atomic E-state index is 11.1. The van der Waals surface area contributed by atoms with E-state index in [0.717, 1.165) is 0 Å². The van der Waals surface area contributed by atoms with Gasteiger partial charge in [0.2, 0.25) is 0 Å². The molecule has 4 heteroatoms. The molecule has 0 unspecified atom stereocenters. The van der Waals surface area contributed by atoms with Crippen LogP contribution in [0.1, 0.15) is 20.3 Å². The van der Waals surface area contributed by atoms with Crippen LogP contribution in [0.4, 0.5) is 0 Å². The molecule has 0 aromatic carbocycles. The van der Waals surface area contributed by atoms with E-state index in [1.165, 1.54) is 7.11 Å². The van der Waals surface area contributed by atoms with Gasteiger partial charge in [-0.2, -0.15) is 0 Å². The molecule has 0 aliphatic rings. The highest BCUT2D eigenvalue weighted by atomic mass is 16.5. The summed E-state index contributed by atoms with van der Waals surface area (Å²) in [5.41, 5.74) is -0.324. The summed E-state index contributed by atoms with van der Waals surface area (Å²) in [6.07, 6.45) is 2.13.